The van der Waals surface area contributed by atoms with Gasteiger partial charge in [-0.25, -0.2) is 0 Å². The van der Waals surface area contributed by atoms with Crippen LogP contribution in [0.5, 0.6) is 0 Å². The molecule has 0 aromatic carbocycles. The first-order valence-electron chi connectivity index (χ1n) is 26.8. The molecular formula is C55H102O6. The third kappa shape index (κ3) is 48.8. The van der Waals surface area contributed by atoms with Gasteiger partial charge in [-0.1, -0.05) is 231 Å². The molecule has 0 fully saturated rings. The summed E-state index contributed by atoms with van der Waals surface area (Å²) in [5.74, 6) is -0.879. The van der Waals surface area contributed by atoms with E-state index in [0.29, 0.717) is 19.3 Å². The lowest BCUT2D eigenvalue weighted by atomic mass is 10.0. The standard InChI is InChI=1S/C55H102O6/c1-4-7-10-13-16-19-22-24-26-28-30-31-33-36-39-42-45-48-54(57)60-51-52(50-59-53(56)47-44-41-38-35-21-18-15-12-9-6-3)61-55(58)49-46-43-40-37-34-32-29-27-25-23-20-17-14-11-8-5-2/h12,15,27,29,52H,4-11,13-14,16-26,28,30-51H2,1-3H3/b15-12-,29-27-. The van der Waals surface area contributed by atoms with Crippen LogP contribution < -0.4 is 0 Å². The van der Waals surface area contributed by atoms with E-state index in [0.717, 1.165) is 77.0 Å². The van der Waals surface area contributed by atoms with Crippen LogP contribution in [-0.2, 0) is 28.6 Å². The summed E-state index contributed by atoms with van der Waals surface area (Å²) < 4.78 is 16.8. The van der Waals surface area contributed by atoms with E-state index in [-0.39, 0.29) is 31.1 Å². The normalized spacial score (nSPS) is 12.1. The maximum absolute atomic E-state index is 12.8. The molecule has 358 valence electrons. The lowest BCUT2D eigenvalue weighted by molar-refractivity contribution is -0.167. The SMILES string of the molecule is CCC/C=C\CCCCCCCC(=O)OCC(COC(=O)CCCCCCCCCCCCCCCCCCC)OC(=O)CCCCCCC/C=C\CCCCCCCCC. The topological polar surface area (TPSA) is 78.9 Å². The number of hydrogen-bond donors (Lipinski definition) is 0. The molecule has 0 aromatic heterocycles. The van der Waals surface area contributed by atoms with Gasteiger partial charge in [0.2, 0.25) is 0 Å². The van der Waals surface area contributed by atoms with Gasteiger partial charge < -0.3 is 14.2 Å². The van der Waals surface area contributed by atoms with Crippen LogP contribution in [0.3, 0.4) is 0 Å². The van der Waals surface area contributed by atoms with E-state index in [1.807, 2.05) is 0 Å². The zero-order valence-electron chi connectivity index (χ0n) is 40.9. The highest BCUT2D eigenvalue weighted by Gasteiger charge is 2.19. The average molecular weight is 859 g/mol. The van der Waals surface area contributed by atoms with Crippen molar-refractivity contribution in [3.05, 3.63) is 24.3 Å². The Hall–Kier alpha value is -2.11. The molecule has 0 amide bonds. The Morgan fingerprint density at radius 1 is 0.311 bits per heavy atom. The third-order valence-corrected chi connectivity index (χ3v) is 11.9. The number of esters is 3. The number of unbranched alkanes of at least 4 members (excludes halogenated alkanes) is 34. The van der Waals surface area contributed by atoms with E-state index < -0.39 is 6.10 Å². The fraction of sp³-hybridized carbons (Fsp3) is 0.873. The molecule has 0 aromatic rings. The van der Waals surface area contributed by atoms with Gasteiger partial charge in [0.15, 0.2) is 6.10 Å². The van der Waals surface area contributed by atoms with Crippen LogP contribution in [-0.4, -0.2) is 37.2 Å². The van der Waals surface area contributed by atoms with Gasteiger partial charge in [0.25, 0.3) is 0 Å². The molecule has 0 bridgehead atoms. The summed E-state index contributed by atoms with van der Waals surface area (Å²) in [5.41, 5.74) is 0. The smallest absolute Gasteiger partial charge is 0.306 e. The molecule has 61 heavy (non-hydrogen) atoms. The summed E-state index contributed by atoms with van der Waals surface area (Å²) in [4.78, 5) is 37.9. The second-order valence-corrected chi connectivity index (χ2v) is 18.1. The molecule has 0 heterocycles. The molecule has 0 rings (SSSR count). The monoisotopic (exact) mass is 859 g/mol. The van der Waals surface area contributed by atoms with Crippen molar-refractivity contribution in [3.8, 4) is 0 Å². The highest BCUT2D eigenvalue weighted by Crippen LogP contribution is 2.16. The van der Waals surface area contributed by atoms with E-state index in [2.05, 4.69) is 45.1 Å². The van der Waals surface area contributed by atoms with Crippen LogP contribution >= 0.6 is 0 Å². The lowest BCUT2D eigenvalue weighted by Gasteiger charge is -2.18. The molecule has 0 radical (unpaired) electrons. The Labute approximate surface area is 379 Å². The Morgan fingerprint density at radius 3 is 0.885 bits per heavy atom. The van der Waals surface area contributed by atoms with E-state index in [9.17, 15) is 14.4 Å². The minimum absolute atomic E-state index is 0.0734. The predicted octanol–water partition coefficient (Wildman–Crippen LogP) is 17.5. The highest BCUT2D eigenvalue weighted by atomic mass is 16.6. The van der Waals surface area contributed by atoms with Gasteiger partial charge in [-0.05, 0) is 64.2 Å². The van der Waals surface area contributed by atoms with E-state index in [1.165, 1.54) is 173 Å². The van der Waals surface area contributed by atoms with Gasteiger partial charge in [0.05, 0.1) is 0 Å². The lowest BCUT2D eigenvalue weighted by Crippen LogP contribution is -2.30. The van der Waals surface area contributed by atoms with E-state index in [4.69, 9.17) is 14.2 Å². The zero-order chi connectivity index (χ0) is 44.4. The maximum atomic E-state index is 12.8. The van der Waals surface area contributed by atoms with E-state index in [1.54, 1.807) is 0 Å². The van der Waals surface area contributed by atoms with Gasteiger partial charge in [0.1, 0.15) is 13.2 Å². The quantitative estimate of drug-likeness (QED) is 0.0262. The molecule has 0 saturated heterocycles. The van der Waals surface area contributed by atoms with Gasteiger partial charge >= 0.3 is 17.9 Å². The molecule has 1 atom stereocenters. The molecule has 0 N–H and O–H groups in total. The van der Waals surface area contributed by atoms with Gasteiger partial charge in [-0.15, -0.1) is 0 Å². The fourth-order valence-electron chi connectivity index (χ4n) is 7.85. The number of ether oxygens (including phenoxy) is 3. The Morgan fingerprint density at radius 2 is 0.574 bits per heavy atom. The van der Waals surface area contributed by atoms with E-state index >= 15 is 0 Å². The van der Waals surface area contributed by atoms with Crippen molar-refractivity contribution in [2.24, 2.45) is 0 Å². The van der Waals surface area contributed by atoms with Gasteiger partial charge in [-0.3, -0.25) is 14.4 Å². The Balaban J connectivity index is 4.30. The van der Waals surface area contributed by atoms with Crippen molar-refractivity contribution < 1.29 is 28.6 Å². The van der Waals surface area contributed by atoms with Crippen LogP contribution in [0.4, 0.5) is 0 Å². The molecule has 0 spiro atoms. The largest absolute Gasteiger partial charge is 0.462 e. The number of allylic oxidation sites excluding steroid dienone is 4. The van der Waals surface area contributed by atoms with Gasteiger partial charge in [0, 0.05) is 19.3 Å². The molecule has 0 aliphatic rings. The van der Waals surface area contributed by atoms with Crippen molar-refractivity contribution in [2.45, 2.75) is 297 Å². The van der Waals surface area contributed by atoms with Crippen molar-refractivity contribution in [3.63, 3.8) is 0 Å². The summed E-state index contributed by atoms with van der Waals surface area (Å²) in [6, 6.07) is 0. The highest BCUT2D eigenvalue weighted by molar-refractivity contribution is 5.71. The first-order valence-corrected chi connectivity index (χ1v) is 26.8. The summed E-state index contributed by atoms with van der Waals surface area (Å²) in [5, 5.41) is 0. The van der Waals surface area contributed by atoms with Crippen molar-refractivity contribution in [2.75, 3.05) is 13.2 Å². The Kier molecular flexibility index (Phi) is 48.8. The molecule has 0 saturated carbocycles. The molecule has 0 aliphatic heterocycles. The summed E-state index contributed by atoms with van der Waals surface area (Å²) >= 11 is 0. The second kappa shape index (κ2) is 50.5. The minimum atomic E-state index is -0.774. The number of carbonyl (C=O) groups is 3. The number of rotatable bonds is 49. The summed E-state index contributed by atoms with van der Waals surface area (Å²) in [6.07, 6.45) is 57.4. The summed E-state index contributed by atoms with van der Waals surface area (Å²) in [6.45, 7) is 6.59. The second-order valence-electron chi connectivity index (χ2n) is 18.1. The number of hydrogen-bond acceptors (Lipinski definition) is 6. The van der Waals surface area contributed by atoms with Crippen LogP contribution in [0, 0.1) is 0 Å². The average Bonchev–Trinajstić information content (AvgIpc) is 3.26. The third-order valence-electron chi connectivity index (χ3n) is 11.9. The summed E-state index contributed by atoms with van der Waals surface area (Å²) in [7, 11) is 0. The van der Waals surface area contributed by atoms with Crippen LogP contribution in [0.15, 0.2) is 24.3 Å². The first-order chi connectivity index (χ1) is 30.0. The fourth-order valence-corrected chi connectivity index (χ4v) is 7.85. The van der Waals surface area contributed by atoms with Crippen LogP contribution in [0.25, 0.3) is 0 Å². The van der Waals surface area contributed by atoms with Crippen LogP contribution in [0.1, 0.15) is 290 Å². The van der Waals surface area contributed by atoms with Crippen LogP contribution in [0.2, 0.25) is 0 Å². The predicted molar refractivity (Wildman–Crippen MR) is 261 cm³/mol. The molecule has 0 aliphatic carbocycles. The number of carbonyl (C=O) groups excluding carboxylic acids is 3. The Bertz CT molecular complexity index is 989. The molecule has 6 nitrogen and oxygen atoms in total. The molecule has 6 heteroatoms. The van der Waals surface area contributed by atoms with Crippen molar-refractivity contribution in [1.29, 1.82) is 0 Å². The maximum Gasteiger partial charge on any atom is 0.306 e. The zero-order valence-corrected chi connectivity index (χ0v) is 40.9. The molecule has 1 unspecified atom stereocenters. The molecular weight excluding hydrogens is 757 g/mol. The van der Waals surface area contributed by atoms with Crippen molar-refractivity contribution in [1.82, 2.24) is 0 Å². The van der Waals surface area contributed by atoms with Crippen molar-refractivity contribution >= 4 is 17.9 Å². The first kappa shape index (κ1) is 58.9. The minimum Gasteiger partial charge on any atom is -0.462 e. The van der Waals surface area contributed by atoms with Gasteiger partial charge in [-0.2, -0.15) is 0 Å².